The van der Waals surface area contributed by atoms with E-state index in [0.29, 0.717) is 11.0 Å². The molecule has 2 heterocycles. The van der Waals surface area contributed by atoms with Crippen molar-refractivity contribution in [1.82, 2.24) is 20.3 Å². The Morgan fingerprint density at radius 1 is 1.22 bits per heavy atom. The van der Waals surface area contributed by atoms with Gasteiger partial charge < -0.3 is 20.0 Å². The number of carbonyl (C=O) groups is 1. The predicted octanol–water partition coefficient (Wildman–Crippen LogP) is 2.68. The fourth-order valence-electron chi connectivity index (χ4n) is 2.44. The first-order chi connectivity index (χ1) is 12.7. The van der Waals surface area contributed by atoms with Gasteiger partial charge >= 0.3 is 11.9 Å². The number of hydrogen-bond acceptors (Lipinski definition) is 4. The number of nitrogens with zero attached hydrogens (tertiary/aromatic N) is 1. The summed E-state index contributed by atoms with van der Waals surface area (Å²) in [4.78, 5) is 32.6. The third kappa shape index (κ3) is 4.66. The topological polar surface area (TPSA) is 99.9 Å². The van der Waals surface area contributed by atoms with Crippen LogP contribution in [0.4, 0.5) is 13.2 Å². The summed E-state index contributed by atoms with van der Waals surface area (Å²) in [6.45, 7) is 0.310. The molecule has 3 rings (SSSR count). The Kier molecular flexibility index (Phi) is 4.89. The van der Waals surface area contributed by atoms with E-state index >= 15 is 0 Å². The molecule has 3 N–H and O–H groups in total. The minimum Gasteiger partial charge on any atom is -0.468 e. The van der Waals surface area contributed by atoms with Gasteiger partial charge in [-0.25, -0.2) is 9.78 Å². The first-order valence-corrected chi connectivity index (χ1v) is 7.90. The van der Waals surface area contributed by atoms with Crippen molar-refractivity contribution in [3.05, 3.63) is 58.1 Å². The average molecular weight is 380 g/mol. The van der Waals surface area contributed by atoms with Gasteiger partial charge in [-0.05, 0) is 30.7 Å². The van der Waals surface area contributed by atoms with Crippen LogP contribution in [0.25, 0.3) is 11.0 Å². The molecule has 0 saturated carbocycles. The normalized spacial score (nSPS) is 12.7. The van der Waals surface area contributed by atoms with E-state index in [1.54, 1.807) is 25.1 Å². The van der Waals surface area contributed by atoms with Crippen molar-refractivity contribution in [2.24, 2.45) is 0 Å². The molecule has 0 bridgehead atoms. The molecule has 0 fully saturated rings. The van der Waals surface area contributed by atoms with Crippen molar-refractivity contribution in [3.63, 3.8) is 0 Å². The van der Waals surface area contributed by atoms with Crippen LogP contribution in [-0.2, 0) is 0 Å². The Labute approximate surface area is 150 Å². The van der Waals surface area contributed by atoms with Gasteiger partial charge in [0.1, 0.15) is 0 Å². The zero-order valence-corrected chi connectivity index (χ0v) is 14.1. The monoisotopic (exact) mass is 380 g/mol. The fourth-order valence-corrected chi connectivity index (χ4v) is 2.44. The number of imidazole rings is 1. The van der Waals surface area contributed by atoms with Crippen LogP contribution in [0.15, 0.2) is 41.3 Å². The first-order valence-electron chi connectivity index (χ1n) is 7.90. The average Bonchev–Trinajstić information content (AvgIpc) is 2.98. The zero-order valence-electron chi connectivity index (χ0n) is 14.1. The zero-order chi connectivity index (χ0) is 19.6. The van der Waals surface area contributed by atoms with Gasteiger partial charge in [-0.15, -0.1) is 0 Å². The second-order valence-corrected chi connectivity index (χ2v) is 5.87. The van der Waals surface area contributed by atoms with Crippen molar-refractivity contribution < 1.29 is 22.7 Å². The molecular weight excluding hydrogens is 365 g/mol. The summed E-state index contributed by atoms with van der Waals surface area (Å²) in [6.07, 6.45) is -3.32. The SMILES string of the molecule is CC(NC(=O)c1ccc(OCC(F)(F)F)nc1)c1ccc2[nH]c(=O)[nH]c2c1. The highest BCUT2D eigenvalue weighted by atomic mass is 19.4. The molecule has 1 unspecified atom stereocenters. The van der Waals surface area contributed by atoms with Gasteiger partial charge in [0, 0.05) is 12.3 Å². The number of amides is 1. The maximum absolute atomic E-state index is 12.3. The number of ether oxygens (including phenoxy) is 1. The summed E-state index contributed by atoms with van der Waals surface area (Å²) < 4.78 is 40.8. The molecule has 3 aromatic rings. The molecular formula is C17H15F3N4O3. The number of pyridine rings is 1. The van der Waals surface area contributed by atoms with Crippen molar-refractivity contribution >= 4 is 16.9 Å². The van der Waals surface area contributed by atoms with E-state index < -0.39 is 18.7 Å². The van der Waals surface area contributed by atoms with E-state index in [0.717, 1.165) is 11.8 Å². The molecule has 0 saturated heterocycles. The van der Waals surface area contributed by atoms with Gasteiger partial charge in [0.25, 0.3) is 5.91 Å². The number of carbonyl (C=O) groups excluding carboxylic acids is 1. The molecule has 0 spiro atoms. The molecule has 10 heteroatoms. The highest BCUT2D eigenvalue weighted by Gasteiger charge is 2.28. The molecule has 1 aromatic carbocycles. The smallest absolute Gasteiger partial charge is 0.422 e. The van der Waals surface area contributed by atoms with Crippen LogP contribution in [0, 0.1) is 0 Å². The lowest BCUT2D eigenvalue weighted by atomic mass is 10.1. The number of aromatic nitrogens is 3. The highest BCUT2D eigenvalue weighted by Crippen LogP contribution is 2.19. The number of aromatic amines is 2. The third-order valence-corrected chi connectivity index (χ3v) is 3.77. The number of fused-ring (bicyclic) bond motifs is 1. The summed E-state index contributed by atoms with van der Waals surface area (Å²) in [5.41, 5.74) is 1.90. The Hall–Kier alpha value is -3.30. The predicted molar refractivity (Wildman–Crippen MR) is 90.6 cm³/mol. The Balaban J connectivity index is 1.65. The van der Waals surface area contributed by atoms with Crippen molar-refractivity contribution in [2.75, 3.05) is 6.61 Å². The molecule has 7 nitrogen and oxygen atoms in total. The number of rotatable bonds is 5. The Morgan fingerprint density at radius 3 is 2.63 bits per heavy atom. The van der Waals surface area contributed by atoms with Crippen molar-refractivity contribution in [3.8, 4) is 5.88 Å². The Bertz CT molecular complexity index is 1010. The number of nitrogens with one attached hydrogen (secondary N) is 3. The molecule has 27 heavy (non-hydrogen) atoms. The van der Waals surface area contributed by atoms with E-state index in [1.165, 1.54) is 12.1 Å². The van der Waals surface area contributed by atoms with Gasteiger partial charge in [0.05, 0.1) is 22.6 Å². The molecule has 0 aliphatic carbocycles. The number of benzene rings is 1. The van der Waals surface area contributed by atoms with Crippen molar-refractivity contribution in [2.45, 2.75) is 19.1 Å². The second kappa shape index (κ2) is 7.14. The van der Waals surface area contributed by atoms with Crippen LogP contribution in [-0.4, -0.2) is 33.6 Å². The maximum atomic E-state index is 12.3. The minimum atomic E-state index is -4.46. The molecule has 2 aromatic heterocycles. The minimum absolute atomic E-state index is 0.178. The van der Waals surface area contributed by atoms with E-state index in [9.17, 15) is 22.8 Å². The van der Waals surface area contributed by atoms with Crippen LogP contribution in [0.5, 0.6) is 5.88 Å². The standard InChI is InChI=1S/C17H15F3N4O3/c1-9(10-2-4-12-13(6-10)24-16(26)23-12)22-15(25)11-3-5-14(21-7-11)27-8-17(18,19)20/h2-7,9H,8H2,1H3,(H,22,25)(H2,23,24,26). The number of H-pyrrole nitrogens is 2. The van der Waals surface area contributed by atoms with E-state index in [2.05, 4.69) is 25.0 Å². The number of halogens is 3. The summed E-state index contributed by atoms with van der Waals surface area (Å²) >= 11 is 0. The summed E-state index contributed by atoms with van der Waals surface area (Å²) in [7, 11) is 0. The lowest BCUT2D eigenvalue weighted by Gasteiger charge is -2.14. The maximum Gasteiger partial charge on any atom is 0.422 e. The molecule has 142 valence electrons. The largest absolute Gasteiger partial charge is 0.468 e. The van der Waals surface area contributed by atoms with Crippen LogP contribution < -0.4 is 15.7 Å². The lowest BCUT2D eigenvalue weighted by molar-refractivity contribution is -0.154. The molecule has 1 amide bonds. The third-order valence-electron chi connectivity index (χ3n) is 3.77. The van der Waals surface area contributed by atoms with Gasteiger partial charge in [-0.1, -0.05) is 6.07 Å². The lowest BCUT2D eigenvalue weighted by Crippen LogP contribution is -2.26. The van der Waals surface area contributed by atoms with Crippen LogP contribution in [0.2, 0.25) is 0 Å². The summed E-state index contributed by atoms with van der Waals surface area (Å²) in [6, 6.07) is 7.38. The summed E-state index contributed by atoms with van der Waals surface area (Å²) in [5.74, 6) is -0.668. The van der Waals surface area contributed by atoms with Gasteiger partial charge in [-0.3, -0.25) is 4.79 Å². The number of alkyl halides is 3. The van der Waals surface area contributed by atoms with Gasteiger partial charge in [-0.2, -0.15) is 13.2 Å². The van der Waals surface area contributed by atoms with Crippen molar-refractivity contribution in [1.29, 1.82) is 0 Å². The quantitative estimate of drug-likeness (QED) is 0.634. The van der Waals surface area contributed by atoms with Crippen LogP contribution >= 0.6 is 0 Å². The molecule has 0 aliphatic heterocycles. The summed E-state index contributed by atoms with van der Waals surface area (Å²) in [5, 5.41) is 2.76. The van der Waals surface area contributed by atoms with E-state index in [-0.39, 0.29) is 23.2 Å². The molecule has 0 radical (unpaired) electrons. The Morgan fingerprint density at radius 2 is 1.96 bits per heavy atom. The van der Waals surface area contributed by atoms with Gasteiger partial charge in [0.15, 0.2) is 6.61 Å². The molecule has 0 aliphatic rings. The highest BCUT2D eigenvalue weighted by molar-refractivity contribution is 5.94. The van der Waals surface area contributed by atoms with Gasteiger partial charge in [0.2, 0.25) is 5.88 Å². The van der Waals surface area contributed by atoms with E-state index in [4.69, 9.17) is 0 Å². The van der Waals surface area contributed by atoms with E-state index in [1.807, 2.05) is 0 Å². The number of hydrogen-bond donors (Lipinski definition) is 3. The molecule has 1 atom stereocenters. The fraction of sp³-hybridized carbons (Fsp3) is 0.235. The van der Waals surface area contributed by atoms with Crippen LogP contribution in [0.3, 0.4) is 0 Å². The first kappa shape index (κ1) is 18.5. The second-order valence-electron chi connectivity index (χ2n) is 5.87. The van der Waals surface area contributed by atoms with Crippen LogP contribution in [0.1, 0.15) is 28.9 Å².